The first-order chi connectivity index (χ1) is 5.47. The van der Waals surface area contributed by atoms with Gasteiger partial charge in [-0.05, 0) is 12.1 Å². The minimum Gasteiger partial charge on any atom is -0.258 e. The van der Waals surface area contributed by atoms with Gasteiger partial charge in [0.25, 0.3) is 0 Å². The lowest BCUT2D eigenvalue weighted by atomic mass is 10.3. The van der Waals surface area contributed by atoms with Crippen LogP contribution in [0.25, 0.3) is 0 Å². The van der Waals surface area contributed by atoms with Gasteiger partial charge in [0.05, 0.1) is 11.9 Å². The van der Waals surface area contributed by atoms with Crippen molar-refractivity contribution >= 4 is 0 Å². The summed E-state index contributed by atoms with van der Waals surface area (Å²) in [5.41, 5.74) is -0.302. The Labute approximate surface area is 66.0 Å². The van der Waals surface area contributed by atoms with E-state index >= 15 is 0 Å². The summed E-state index contributed by atoms with van der Waals surface area (Å²) in [6.07, 6.45) is -3.67. The van der Waals surface area contributed by atoms with Gasteiger partial charge in [-0.1, -0.05) is 0 Å². The molecule has 65 valence electrons. The molecule has 0 saturated heterocycles. The first-order valence-corrected chi connectivity index (χ1v) is 3.01. The maximum absolute atomic E-state index is 12.2. The summed E-state index contributed by atoms with van der Waals surface area (Å²) in [7, 11) is 0. The number of rotatable bonds is 1. The van der Waals surface area contributed by atoms with Gasteiger partial charge in [-0.2, -0.15) is 13.2 Å². The molecule has 0 spiro atoms. The van der Waals surface area contributed by atoms with E-state index in [9.17, 15) is 17.6 Å². The van der Waals surface area contributed by atoms with E-state index < -0.39 is 12.0 Å². The van der Waals surface area contributed by atoms with Crippen molar-refractivity contribution in [2.45, 2.75) is 6.18 Å². The summed E-state index contributed by atoms with van der Waals surface area (Å²) in [5, 5.41) is 0. The van der Waals surface area contributed by atoms with Gasteiger partial charge in [-0.25, -0.2) is 4.39 Å². The molecule has 1 radical (unpaired) electrons. The van der Waals surface area contributed by atoms with Crippen LogP contribution in [0.1, 0.15) is 5.69 Å². The van der Waals surface area contributed by atoms with E-state index in [1.165, 1.54) is 0 Å². The van der Waals surface area contributed by atoms with E-state index in [-0.39, 0.29) is 12.1 Å². The molecule has 1 rings (SSSR count). The number of hydrogen-bond donors (Lipinski definition) is 0. The highest BCUT2D eigenvalue weighted by atomic mass is 19.4. The Morgan fingerprint density at radius 1 is 1.25 bits per heavy atom. The van der Waals surface area contributed by atoms with Crippen molar-refractivity contribution in [1.82, 2.24) is 4.98 Å². The predicted molar refractivity (Wildman–Crippen MR) is 33.7 cm³/mol. The fraction of sp³-hybridized carbons (Fsp3) is 0.143. The van der Waals surface area contributed by atoms with Crippen molar-refractivity contribution in [2.24, 2.45) is 0 Å². The Bertz CT molecular complexity index is 251. The second-order valence-electron chi connectivity index (χ2n) is 2.09. The molecule has 0 aliphatic rings. The number of halogens is 4. The number of aromatic nitrogens is 1. The molecule has 0 N–H and O–H groups in total. The Morgan fingerprint density at radius 2 is 1.92 bits per heavy atom. The quantitative estimate of drug-likeness (QED) is 0.601. The van der Waals surface area contributed by atoms with Crippen LogP contribution < -0.4 is 0 Å². The molecule has 0 amide bonds. The molecule has 1 nitrogen and oxygen atoms in total. The van der Waals surface area contributed by atoms with Crippen molar-refractivity contribution in [1.29, 1.82) is 0 Å². The molecular formula is C7H4F4N. The van der Waals surface area contributed by atoms with Crippen LogP contribution >= 0.6 is 0 Å². The third kappa shape index (κ3) is 2.86. The van der Waals surface area contributed by atoms with E-state index in [1.807, 2.05) is 0 Å². The highest BCUT2D eigenvalue weighted by molar-refractivity contribution is 5.15. The highest BCUT2D eigenvalue weighted by Gasteiger charge is 2.28. The fourth-order valence-electron chi connectivity index (χ4n) is 0.640. The van der Waals surface area contributed by atoms with Gasteiger partial charge in [0.15, 0.2) is 0 Å². The summed E-state index contributed by atoms with van der Waals surface area (Å²) >= 11 is 0. The zero-order valence-corrected chi connectivity index (χ0v) is 5.77. The van der Waals surface area contributed by atoms with E-state index in [4.69, 9.17) is 0 Å². The molecule has 1 aromatic rings. The third-order valence-corrected chi connectivity index (χ3v) is 1.06. The lowest BCUT2D eigenvalue weighted by Gasteiger charge is -2.03. The lowest BCUT2D eigenvalue weighted by molar-refractivity contribution is -0.0931. The molecule has 1 heterocycles. The third-order valence-electron chi connectivity index (χ3n) is 1.06. The molecule has 0 unspecified atom stereocenters. The zero-order chi connectivity index (χ0) is 9.19. The Balaban J connectivity index is 2.71. The summed E-state index contributed by atoms with van der Waals surface area (Å²) in [6, 6.07) is 1.88. The van der Waals surface area contributed by atoms with Crippen LogP contribution in [0.3, 0.4) is 0 Å². The van der Waals surface area contributed by atoms with Crippen molar-refractivity contribution in [3.05, 3.63) is 36.3 Å². The van der Waals surface area contributed by atoms with Crippen molar-refractivity contribution in [3.63, 3.8) is 0 Å². The van der Waals surface area contributed by atoms with E-state index in [1.54, 1.807) is 0 Å². The summed E-state index contributed by atoms with van der Waals surface area (Å²) < 4.78 is 47.1. The summed E-state index contributed by atoms with van der Waals surface area (Å²) in [5.74, 6) is -0.658. The Morgan fingerprint density at radius 3 is 2.33 bits per heavy atom. The molecule has 0 aliphatic heterocycles. The van der Waals surface area contributed by atoms with Crippen molar-refractivity contribution in [2.75, 3.05) is 0 Å². The largest absolute Gasteiger partial charge is 0.398 e. The average molecular weight is 178 g/mol. The fourth-order valence-corrected chi connectivity index (χ4v) is 0.640. The van der Waals surface area contributed by atoms with Crippen LogP contribution in [0, 0.1) is 12.2 Å². The Hall–Kier alpha value is -1.13. The number of hydrogen-bond acceptors (Lipinski definition) is 1. The maximum Gasteiger partial charge on any atom is 0.398 e. The first kappa shape index (κ1) is 8.96. The maximum atomic E-state index is 12.2. The Kier molecular flexibility index (Phi) is 2.30. The van der Waals surface area contributed by atoms with Crippen LogP contribution in [0.15, 0.2) is 18.3 Å². The van der Waals surface area contributed by atoms with Gasteiger partial charge in [-0.3, -0.25) is 4.98 Å². The normalized spacial score (nSPS) is 11.7. The molecule has 0 bridgehead atoms. The molecule has 0 aliphatic carbocycles. The predicted octanol–water partition coefficient (Wildman–Crippen LogP) is 2.34. The number of nitrogens with zero attached hydrogens (tertiary/aromatic N) is 1. The number of alkyl halides is 3. The van der Waals surface area contributed by atoms with E-state index in [2.05, 4.69) is 4.98 Å². The molecule has 1 aromatic heterocycles. The highest BCUT2D eigenvalue weighted by Crippen LogP contribution is 2.21. The molecule has 0 aromatic carbocycles. The van der Waals surface area contributed by atoms with Crippen LogP contribution in [-0.4, -0.2) is 11.2 Å². The smallest absolute Gasteiger partial charge is 0.258 e. The second kappa shape index (κ2) is 3.08. The molecule has 0 atom stereocenters. The topological polar surface area (TPSA) is 12.9 Å². The molecular weight excluding hydrogens is 174 g/mol. The van der Waals surface area contributed by atoms with Gasteiger partial charge in [-0.15, -0.1) is 0 Å². The van der Waals surface area contributed by atoms with Crippen LogP contribution in [0.4, 0.5) is 17.6 Å². The molecule has 0 fully saturated rings. The van der Waals surface area contributed by atoms with Gasteiger partial charge in [0.1, 0.15) is 12.2 Å². The van der Waals surface area contributed by atoms with Gasteiger partial charge < -0.3 is 0 Å². The lowest BCUT2D eigenvalue weighted by Crippen LogP contribution is -2.09. The first-order valence-electron chi connectivity index (χ1n) is 3.01. The summed E-state index contributed by atoms with van der Waals surface area (Å²) in [4.78, 5) is 3.21. The average Bonchev–Trinajstić information content (AvgIpc) is 1.91. The van der Waals surface area contributed by atoms with Crippen LogP contribution in [0.2, 0.25) is 0 Å². The van der Waals surface area contributed by atoms with Crippen molar-refractivity contribution in [3.8, 4) is 0 Å². The second-order valence-corrected chi connectivity index (χ2v) is 2.09. The monoisotopic (exact) mass is 178 g/mol. The van der Waals surface area contributed by atoms with Crippen molar-refractivity contribution < 1.29 is 17.6 Å². The zero-order valence-electron chi connectivity index (χ0n) is 5.77. The summed E-state index contributed by atoms with van der Waals surface area (Å²) in [6.45, 7) is 0. The van der Waals surface area contributed by atoms with Gasteiger partial charge >= 0.3 is 6.18 Å². The standard InChI is InChI=1S/C7H4F4N/c8-5-1-2-6(12-4-5)3-7(9,10)11/h1-4H. The minimum atomic E-state index is -4.41. The number of pyridine rings is 1. The molecule has 0 saturated carbocycles. The molecule has 5 heteroatoms. The van der Waals surface area contributed by atoms with E-state index in [0.717, 1.165) is 18.3 Å². The van der Waals surface area contributed by atoms with E-state index in [0.29, 0.717) is 0 Å². The van der Waals surface area contributed by atoms with Crippen LogP contribution in [0.5, 0.6) is 0 Å². The van der Waals surface area contributed by atoms with Gasteiger partial charge in [0.2, 0.25) is 0 Å². The SMILES string of the molecule is Fc1ccc([CH]C(F)(F)F)nc1. The molecule has 12 heavy (non-hydrogen) atoms. The van der Waals surface area contributed by atoms with Crippen LogP contribution in [-0.2, 0) is 0 Å². The van der Waals surface area contributed by atoms with Gasteiger partial charge in [0, 0.05) is 0 Å². The minimum absolute atomic E-state index is 0.00639.